The zero-order chi connectivity index (χ0) is 10.4. The molecule has 1 saturated heterocycles. The highest BCUT2D eigenvalue weighted by molar-refractivity contribution is 5.78. The van der Waals surface area contributed by atoms with Gasteiger partial charge in [0.05, 0.1) is 17.7 Å². The van der Waals surface area contributed by atoms with E-state index in [4.69, 9.17) is 5.73 Å². The molecule has 0 radical (unpaired) electrons. The Morgan fingerprint density at radius 2 is 2.14 bits per heavy atom. The zero-order valence-corrected chi connectivity index (χ0v) is 8.66. The van der Waals surface area contributed by atoms with Crippen LogP contribution in [0.1, 0.15) is 6.92 Å². The predicted molar refractivity (Wildman–Crippen MR) is 60.0 cm³/mol. The van der Waals surface area contributed by atoms with Gasteiger partial charge >= 0.3 is 0 Å². The van der Waals surface area contributed by atoms with Crippen molar-refractivity contribution in [2.75, 3.05) is 26.2 Å². The van der Waals surface area contributed by atoms with Crippen LogP contribution in [0.15, 0.2) is 29.5 Å². The van der Waals surface area contributed by atoms with Crippen LogP contribution >= 0.6 is 0 Å². The Morgan fingerprint density at radius 3 is 2.64 bits per heavy atom. The lowest BCUT2D eigenvalue weighted by atomic mass is 10.3. The highest BCUT2D eigenvalue weighted by Crippen LogP contribution is 2.06. The Kier molecular flexibility index (Phi) is 4.19. The summed E-state index contributed by atoms with van der Waals surface area (Å²) in [4.78, 5) is 6.32. The summed E-state index contributed by atoms with van der Waals surface area (Å²) in [7, 11) is 0. The topological polar surface area (TPSA) is 53.6 Å². The van der Waals surface area contributed by atoms with Crippen LogP contribution in [-0.4, -0.2) is 36.9 Å². The molecule has 1 aliphatic rings. The third-order valence-corrected chi connectivity index (χ3v) is 2.09. The predicted octanol–water partition coefficient (Wildman–Crippen LogP) is 0.296. The molecular formula is C10H18N4. The van der Waals surface area contributed by atoms with Gasteiger partial charge in [0, 0.05) is 26.2 Å². The van der Waals surface area contributed by atoms with Gasteiger partial charge in [0.25, 0.3) is 0 Å². The molecule has 14 heavy (non-hydrogen) atoms. The molecule has 1 heterocycles. The number of amidine groups is 1. The van der Waals surface area contributed by atoms with Crippen molar-refractivity contribution in [2.45, 2.75) is 6.92 Å². The Balaban J connectivity index is 2.64. The maximum atomic E-state index is 5.47. The highest BCUT2D eigenvalue weighted by Gasteiger charge is 2.09. The van der Waals surface area contributed by atoms with Gasteiger partial charge in [-0.1, -0.05) is 6.58 Å². The maximum Gasteiger partial charge on any atom is 0.0958 e. The Morgan fingerprint density at radius 1 is 1.50 bits per heavy atom. The minimum atomic E-state index is 0.569. The van der Waals surface area contributed by atoms with Gasteiger partial charge in [-0.3, -0.25) is 0 Å². The lowest BCUT2D eigenvalue weighted by Gasteiger charge is -2.29. The second-order valence-corrected chi connectivity index (χ2v) is 3.27. The van der Waals surface area contributed by atoms with Gasteiger partial charge < -0.3 is 16.0 Å². The monoisotopic (exact) mass is 194 g/mol. The van der Waals surface area contributed by atoms with Crippen LogP contribution in [-0.2, 0) is 0 Å². The quantitative estimate of drug-likeness (QED) is 0.386. The van der Waals surface area contributed by atoms with Gasteiger partial charge in [0.2, 0.25) is 0 Å². The average molecular weight is 194 g/mol. The molecule has 78 valence electrons. The first kappa shape index (κ1) is 10.8. The molecule has 0 atom stereocenters. The van der Waals surface area contributed by atoms with Crippen molar-refractivity contribution in [2.24, 2.45) is 10.7 Å². The Labute approximate surface area is 85.2 Å². The number of hydrogen-bond donors (Lipinski definition) is 2. The van der Waals surface area contributed by atoms with Crippen molar-refractivity contribution in [1.82, 2.24) is 10.2 Å². The summed E-state index contributed by atoms with van der Waals surface area (Å²) < 4.78 is 0. The van der Waals surface area contributed by atoms with Crippen molar-refractivity contribution in [1.29, 1.82) is 0 Å². The number of hydrogen-bond acceptors (Lipinski definition) is 3. The molecule has 3 N–H and O–H groups in total. The number of allylic oxidation sites excluding steroid dienone is 1. The average Bonchev–Trinajstić information content (AvgIpc) is 2.20. The van der Waals surface area contributed by atoms with Crippen LogP contribution < -0.4 is 11.1 Å². The van der Waals surface area contributed by atoms with Crippen LogP contribution in [0.3, 0.4) is 0 Å². The maximum absolute atomic E-state index is 5.47. The van der Waals surface area contributed by atoms with Crippen LogP contribution in [0.4, 0.5) is 0 Å². The molecule has 0 bridgehead atoms. The van der Waals surface area contributed by atoms with E-state index in [1.807, 2.05) is 6.08 Å². The number of piperazine rings is 1. The summed E-state index contributed by atoms with van der Waals surface area (Å²) in [5, 5.41) is 3.29. The Hall–Kier alpha value is -1.29. The summed E-state index contributed by atoms with van der Waals surface area (Å²) in [6.07, 6.45) is 3.59. The molecule has 4 heteroatoms. The van der Waals surface area contributed by atoms with Crippen molar-refractivity contribution < 1.29 is 0 Å². The van der Waals surface area contributed by atoms with Crippen LogP contribution in [0.2, 0.25) is 0 Å². The van der Waals surface area contributed by atoms with Gasteiger partial charge in [0.15, 0.2) is 0 Å². The van der Waals surface area contributed by atoms with Gasteiger partial charge in [-0.15, -0.1) is 0 Å². The first-order chi connectivity index (χ1) is 6.74. The number of nitrogens with zero attached hydrogens (tertiary/aromatic N) is 2. The molecule has 1 fully saturated rings. The first-order valence-corrected chi connectivity index (χ1v) is 4.82. The molecule has 0 amide bonds. The van der Waals surface area contributed by atoms with E-state index in [-0.39, 0.29) is 0 Å². The van der Waals surface area contributed by atoms with Crippen LogP contribution in [0, 0.1) is 0 Å². The van der Waals surface area contributed by atoms with E-state index in [2.05, 4.69) is 21.8 Å². The third kappa shape index (κ3) is 3.22. The minimum absolute atomic E-state index is 0.569. The lowest BCUT2D eigenvalue weighted by molar-refractivity contribution is 0.307. The number of rotatable bonds is 3. The standard InChI is InChI=1S/C10H18N4/c1-3-10(8-13-9(2)11)14-6-4-12-5-7-14/h3,8,12H,1,4-7H2,2H3,(H2,11,13)/b10-8+. The number of aliphatic imine (C=N–C) groups is 1. The molecule has 0 spiro atoms. The lowest BCUT2D eigenvalue weighted by Crippen LogP contribution is -2.42. The van der Waals surface area contributed by atoms with Gasteiger partial charge in [0.1, 0.15) is 0 Å². The smallest absolute Gasteiger partial charge is 0.0958 e. The molecule has 0 aliphatic carbocycles. The van der Waals surface area contributed by atoms with Crippen molar-refractivity contribution >= 4 is 5.84 Å². The largest absolute Gasteiger partial charge is 0.387 e. The van der Waals surface area contributed by atoms with Crippen molar-refractivity contribution in [3.8, 4) is 0 Å². The summed E-state index contributed by atoms with van der Waals surface area (Å²) in [5.74, 6) is 0.569. The first-order valence-electron chi connectivity index (χ1n) is 4.82. The van der Waals surface area contributed by atoms with E-state index in [9.17, 15) is 0 Å². The van der Waals surface area contributed by atoms with Gasteiger partial charge in [-0.05, 0) is 13.0 Å². The van der Waals surface area contributed by atoms with Crippen LogP contribution in [0.5, 0.6) is 0 Å². The molecule has 1 aliphatic heterocycles. The van der Waals surface area contributed by atoms with Gasteiger partial charge in [-0.25, -0.2) is 4.99 Å². The molecule has 0 aromatic carbocycles. The van der Waals surface area contributed by atoms with E-state index in [1.54, 1.807) is 13.1 Å². The molecule has 0 aromatic heterocycles. The van der Waals surface area contributed by atoms with E-state index >= 15 is 0 Å². The second-order valence-electron chi connectivity index (χ2n) is 3.27. The third-order valence-electron chi connectivity index (χ3n) is 2.09. The fraction of sp³-hybridized carbons (Fsp3) is 0.500. The molecule has 0 unspecified atom stereocenters. The molecule has 1 rings (SSSR count). The fourth-order valence-corrected chi connectivity index (χ4v) is 1.35. The minimum Gasteiger partial charge on any atom is -0.387 e. The van der Waals surface area contributed by atoms with E-state index in [0.717, 1.165) is 31.9 Å². The van der Waals surface area contributed by atoms with Crippen molar-refractivity contribution in [3.05, 3.63) is 24.6 Å². The van der Waals surface area contributed by atoms with Crippen molar-refractivity contribution in [3.63, 3.8) is 0 Å². The highest BCUT2D eigenvalue weighted by atomic mass is 15.2. The summed E-state index contributed by atoms with van der Waals surface area (Å²) in [5.41, 5.74) is 6.50. The number of nitrogens with two attached hydrogens (primary N) is 1. The van der Waals surface area contributed by atoms with E-state index in [1.165, 1.54) is 0 Å². The normalized spacial score (nSPS) is 19.6. The Bertz CT molecular complexity index is 245. The fourth-order valence-electron chi connectivity index (χ4n) is 1.35. The molecule has 0 aromatic rings. The molecule has 0 saturated carbocycles. The van der Waals surface area contributed by atoms with E-state index in [0.29, 0.717) is 5.84 Å². The molecule has 4 nitrogen and oxygen atoms in total. The SMILES string of the molecule is C=C/C(=C\N=C(C)N)N1CCNCC1. The zero-order valence-electron chi connectivity index (χ0n) is 8.66. The second kappa shape index (κ2) is 5.44. The van der Waals surface area contributed by atoms with Gasteiger partial charge in [-0.2, -0.15) is 0 Å². The van der Waals surface area contributed by atoms with Crippen LogP contribution in [0.25, 0.3) is 0 Å². The summed E-state index contributed by atoms with van der Waals surface area (Å²) >= 11 is 0. The number of nitrogens with one attached hydrogen (secondary N) is 1. The molecular weight excluding hydrogens is 176 g/mol. The summed E-state index contributed by atoms with van der Waals surface area (Å²) in [6.45, 7) is 9.56. The van der Waals surface area contributed by atoms with E-state index < -0.39 is 0 Å². The summed E-state index contributed by atoms with van der Waals surface area (Å²) in [6, 6.07) is 0.